The zero-order valence-corrected chi connectivity index (χ0v) is 6.68. The quantitative estimate of drug-likeness (QED) is 0.557. The van der Waals surface area contributed by atoms with Crippen LogP contribution in [0.15, 0.2) is 18.2 Å². The zero-order chi connectivity index (χ0) is 9.14. The summed E-state index contributed by atoms with van der Waals surface area (Å²) in [4.78, 5) is 0. The van der Waals surface area contributed by atoms with Crippen LogP contribution in [0.4, 0.5) is 8.78 Å². The molecule has 2 nitrogen and oxygen atoms in total. The summed E-state index contributed by atoms with van der Waals surface area (Å²) in [7, 11) is 0. The molecule has 0 saturated heterocycles. The van der Waals surface area contributed by atoms with Crippen molar-refractivity contribution in [3.63, 3.8) is 0 Å². The highest BCUT2D eigenvalue weighted by Gasteiger charge is 2.15. The fourth-order valence-electron chi connectivity index (χ4n) is 0.768. The molecule has 66 valence electrons. The van der Waals surface area contributed by atoms with Crippen molar-refractivity contribution in [1.29, 1.82) is 0 Å². The molecule has 0 bridgehead atoms. The van der Waals surface area contributed by atoms with E-state index in [1.54, 1.807) is 0 Å². The molecule has 1 aromatic rings. The second kappa shape index (κ2) is 3.84. The molecule has 0 aliphatic carbocycles. The van der Waals surface area contributed by atoms with Crippen LogP contribution in [-0.4, -0.2) is 9.66 Å². The molecule has 1 atom stereocenters. The highest BCUT2D eigenvalue weighted by molar-refractivity contribution is 7.93. The van der Waals surface area contributed by atoms with Gasteiger partial charge in [0, 0.05) is 17.6 Å². The maximum atomic E-state index is 12.8. The third kappa shape index (κ3) is 1.74. The van der Waals surface area contributed by atoms with E-state index in [0.717, 1.165) is 6.07 Å². The number of halogens is 2. The number of aliphatic hydroxyl groups excluding tert-OH is 1. The van der Waals surface area contributed by atoms with E-state index in [-0.39, 0.29) is 17.6 Å². The maximum absolute atomic E-state index is 12.8. The van der Waals surface area contributed by atoms with Crippen molar-refractivity contribution < 1.29 is 18.4 Å². The van der Waals surface area contributed by atoms with Crippen molar-refractivity contribution in [1.82, 2.24) is 0 Å². The summed E-state index contributed by atoms with van der Waals surface area (Å²) in [6, 6.07) is 3.40. The molecule has 0 amide bonds. The largest absolute Gasteiger partial charge is 0.376 e. The number of rotatable bonds is 2. The Bertz CT molecular complexity index is 280. The van der Waals surface area contributed by atoms with Crippen LogP contribution in [0.3, 0.4) is 0 Å². The minimum absolute atomic E-state index is 0.0496. The lowest BCUT2D eigenvalue weighted by atomic mass is 10.2. The first-order valence-electron chi connectivity index (χ1n) is 3.09. The SMILES string of the molecule is OSC(O)c1cccc(F)c1F. The summed E-state index contributed by atoms with van der Waals surface area (Å²) in [5, 5.41) is 8.94. The molecule has 0 aliphatic rings. The molecule has 1 unspecified atom stereocenters. The molecular weight excluding hydrogens is 186 g/mol. The molecule has 0 spiro atoms. The smallest absolute Gasteiger partial charge is 0.165 e. The predicted octanol–water partition coefficient (Wildman–Crippen LogP) is 2.16. The first-order valence-corrected chi connectivity index (χ1v) is 3.92. The molecule has 1 rings (SSSR count). The van der Waals surface area contributed by atoms with E-state index in [9.17, 15) is 8.78 Å². The van der Waals surface area contributed by atoms with Gasteiger partial charge in [0.1, 0.15) is 0 Å². The Morgan fingerprint density at radius 3 is 2.58 bits per heavy atom. The molecule has 2 N–H and O–H groups in total. The minimum atomic E-state index is -1.44. The van der Waals surface area contributed by atoms with Gasteiger partial charge in [0.15, 0.2) is 17.1 Å². The number of hydrogen-bond donors (Lipinski definition) is 2. The molecule has 5 heteroatoms. The van der Waals surface area contributed by atoms with Gasteiger partial charge in [-0.15, -0.1) is 0 Å². The van der Waals surface area contributed by atoms with Gasteiger partial charge < -0.3 is 9.66 Å². The second-order valence-electron chi connectivity index (χ2n) is 2.10. The predicted molar refractivity (Wildman–Crippen MR) is 41.5 cm³/mol. The molecule has 1 aromatic carbocycles. The van der Waals surface area contributed by atoms with Crippen molar-refractivity contribution in [2.75, 3.05) is 0 Å². The molecule has 0 heterocycles. The summed E-state index contributed by atoms with van der Waals surface area (Å²) in [6.07, 6.45) is 0. The lowest BCUT2D eigenvalue weighted by Gasteiger charge is -2.06. The molecule has 12 heavy (non-hydrogen) atoms. The summed E-state index contributed by atoms with van der Waals surface area (Å²) >= 11 is 0.0496. The van der Waals surface area contributed by atoms with Gasteiger partial charge in [-0.3, -0.25) is 0 Å². The van der Waals surface area contributed by atoms with Gasteiger partial charge in [0.2, 0.25) is 0 Å². The minimum Gasteiger partial charge on any atom is -0.376 e. The van der Waals surface area contributed by atoms with Crippen molar-refractivity contribution in [3.8, 4) is 0 Å². The highest BCUT2D eigenvalue weighted by Crippen LogP contribution is 2.26. The van der Waals surface area contributed by atoms with Gasteiger partial charge in [0.25, 0.3) is 0 Å². The van der Waals surface area contributed by atoms with Crippen LogP contribution >= 0.6 is 12.0 Å². The number of benzene rings is 1. The topological polar surface area (TPSA) is 40.5 Å². The van der Waals surface area contributed by atoms with Gasteiger partial charge in [-0.25, -0.2) is 8.78 Å². The Balaban J connectivity index is 3.07. The van der Waals surface area contributed by atoms with Crippen molar-refractivity contribution in [2.24, 2.45) is 0 Å². The van der Waals surface area contributed by atoms with E-state index in [4.69, 9.17) is 9.66 Å². The van der Waals surface area contributed by atoms with Crippen LogP contribution in [0.2, 0.25) is 0 Å². The van der Waals surface area contributed by atoms with E-state index >= 15 is 0 Å². The zero-order valence-electron chi connectivity index (χ0n) is 5.87. The normalized spacial score (nSPS) is 13.0. The molecule has 0 aromatic heterocycles. The Morgan fingerprint density at radius 1 is 1.33 bits per heavy atom. The molecule has 0 saturated carbocycles. The van der Waals surface area contributed by atoms with Gasteiger partial charge >= 0.3 is 0 Å². The van der Waals surface area contributed by atoms with Gasteiger partial charge in [-0.2, -0.15) is 0 Å². The summed E-state index contributed by atoms with van der Waals surface area (Å²) in [5.74, 6) is -2.17. The Kier molecular flexibility index (Phi) is 3.02. The van der Waals surface area contributed by atoms with Crippen molar-refractivity contribution in [2.45, 2.75) is 5.44 Å². The molecule has 0 radical (unpaired) electrons. The molecule has 0 aliphatic heterocycles. The van der Waals surface area contributed by atoms with Crippen LogP contribution in [0.1, 0.15) is 11.0 Å². The average Bonchev–Trinajstić information content (AvgIpc) is 2.08. The number of aliphatic hydroxyl groups is 1. The summed E-state index contributed by atoms with van der Waals surface area (Å²) < 4.78 is 33.7. The van der Waals surface area contributed by atoms with Crippen LogP contribution < -0.4 is 0 Å². The second-order valence-corrected chi connectivity index (χ2v) is 2.76. The molecular formula is C7H6F2O2S. The maximum Gasteiger partial charge on any atom is 0.165 e. The van der Waals surface area contributed by atoms with E-state index < -0.39 is 17.1 Å². The van der Waals surface area contributed by atoms with Crippen molar-refractivity contribution in [3.05, 3.63) is 35.4 Å². The molecule has 0 fully saturated rings. The lowest BCUT2D eigenvalue weighted by molar-refractivity contribution is 0.254. The van der Waals surface area contributed by atoms with Crippen molar-refractivity contribution >= 4 is 12.0 Å². The van der Waals surface area contributed by atoms with Crippen LogP contribution in [0, 0.1) is 11.6 Å². The third-order valence-electron chi connectivity index (χ3n) is 1.35. The Hall–Kier alpha value is -0.650. The summed E-state index contributed by atoms with van der Waals surface area (Å²) in [5.41, 5.74) is -1.71. The average molecular weight is 192 g/mol. The summed E-state index contributed by atoms with van der Waals surface area (Å²) in [6.45, 7) is 0. The van der Waals surface area contributed by atoms with Crippen LogP contribution in [-0.2, 0) is 0 Å². The monoisotopic (exact) mass is 192 g/mol. The van der Waals surface area contributed by atoms with Crippen LogP contribution in [0.25, 0.3) is 0 Å². The highest BCUT2D eigenvalue weighted by atomic mass is 32.2. The fourth-order valence-corrected chi connectivity index (χ4v) is 1.06. The van der Waals surface area contributed by atoms with E-state index in [2.05, 4.69) is 0 Å². The lowest BCUT2D eigenvalue weighted by Crippen LogP contribution is -1.98. The Morgan fingerprint density at radius 2 is 2.00 bits per heavy atom. The first-order chi connectivity index (χ1) is 5.66. The third-order valence-corrected chi connectivity index (χ3v) is 1.80. The Labute approximate surface area is 72.0 Å². The van der Waals surface area contributed by atoms with E-state index in [0.29, 0.717) is 0 Å². The van der Waals surface area contributed by atoms with Gasteiger partial charge in [-0.1, -0.05) is 12.1 Å². The number of hydrogen-bond acceptors (Lipinski definition) is 3. The van der Waals surface area contributed by atoms with Gasteiger partial charge in [0.05, 0.1) is 0 Å². The standard InChI is InChI=1S/C7H6F2O2S/c8-5-3-1-2-4(6(5)9)7(10)12-11/h1-3,7,10-11H. The van der Waals surface area contributed by atoms with E-state index in [1.165, 1.54) is 12.1 Å². The fraction of sp³-hybridized carbons (Fsp3) is 0.143. The van der Waals surface area contributed by atoms with E-state index in [1.807, 2.05) is 0 Å². The van der Waals surface area contributed by atoms with Gasteiger partial charge in [-0.05, 0) is 6.07 Å². The van der Waals surface area contributed by atoms with Crippen LogP contribution in [0.5, 0.6) is 0 Å². The first kappa shape index (κ1) is 9.44.